The van der Waals surface area contributed by atoms with Gasteiger partial charge >= 0.3 is 0 Å². The summed E-state index contributed by atoms with van der Waals surface area (Å²) in [6.45, 7) is 8.90. The summed E-state index contributed by atoms with van der Waals surface area (Å²) in [4.78, 5) is 8.00. The van der Waals surface area contributed by atoms with E-state index >= 15 is 0 Å². The Morgan fingerprint density at radius 1 is 0.955 bits per heavy atom. The zero-order chi connectivity index (χ0) is 16.5. The molecule has 0 bridgehead atoms. The second-order valence-electron chi connectivity index (χ2n) is 5.17. The summed E-state index contributed by atoms with van der Waals surface area (Å²) >= 11 is 0. The van der Waals surface area contributed by atoms with Crippen LogP contribution in [0, 0.1) is 20.8 Å². The molecule has 0 saturated heterocycles. The maximum Gasteiger partial charge on any atom is 0.125 e. The molecule has 0 atom stereocenters. The second kappa shape index (κ2) is 8.88. The van der Waals surface area contributed by atoms with E-state index < -0.39 is 0 Å². The molecule has 118 valence electrons. The van der Waals surface area contributed by atoms with E-state index in [4.69, 9.17) is 14.3 Å². The minimum absolute atomic E-state index is 0.692. The Balaban J connectivity index is 0.00000116. The Hall–Kier alpha value is -2.29. The highest BCUT2D eigenvalue weighted by molar-refractivity contribution is 5.45. The molecule has 3 nitrogen and oxygen atoms in total. The number of benzene rings is 2. The van der Waals surface area contributed by atoms with Gasteiger partial charge in [0.1, 0.15) is 18.3 Å². The fourth-order valence-electron chi connectivity index (χ4n) is 2.28. The number of carbonyl (C=O) groups excluding carboxylic acids is 1. The summed E-state index contributed by atoms with van der Waals surface area (Å²) in [7, 11) is 1.69. The minimum atomic E-state index is 0.692. The van der Waals surface area contributed by atoms with Gasteiger partial charge in [0.05, 0.1) is 13.7 Å². The lowest BCUT2D eigenvalue weighted by Gasteiger charge is -2.13. The van der Waals surface area contributed by atoms with E-state index in [0.29, 0.717) is 6.61 Å². The topological polar surface area (TPSA) is 35.5 Å². The Bertz CT molecular complexity index is 565. The van der Waals surface area contributed by atoms with E-state index in [0.717, 1.165) is 29.0 Å². The molecular formula is C19H24O3. The summed E-state index contributed by atoms with van der Waals surface area (Å²) < 4.78 is 11.2. The molecule has 0 amide bonds. The number of hydrogen-bond donors (Lipinski definition) is 0. The highest BCUT2D eigenvalue weighted by Gasteiger charge is 2.06. The van der Waals surface area contributed by atoms with Crippen LogP contribution in [0.2, 0.25) is 0 Å². The van der Waals surface area contributed by atoms with Crippen LogP contribution >= 0.6 is 0 Å². The van der Waals surface area contributed by atoms with Gasteiger partial charge in [0, 0.05) is 6.42 Å². The molecule has 0 aliphatic rings. The molecular weight excluding hydrogens is 276 g/mol. The van der Waals surface area contributed by atoms with Gasteiger partial charge in [-0.2, -0.15) is 0 Å². The Morgan fingerprint density at radius 2 is 1.50 bits per heavy atom. The number of hydrogen-bond acceptors (Lipinski definition) is 3. The van der Waals surface area contributed by atoms with Gasteiger partial charge in [-0.1, -0.05) is 29.8 Å². The van der Waals surface area contributed by atoms with Crippen molar-refractivity contribution in [2.24, 2.45) is 0 Å². The lowest BCUT2D eigenvalue weighted by atomic mass is 10.1. The molecule has 2 aromatic carbocycles. The van der Waals surface area contributed by atoms with Crippen molar-refractivity contribution in [2.75, 3.05) is 13.7 Å². The third-order valence-corrected chi connectivity index (χ3v) is 3.43. The van der Waals surface area contributed by atoms with Crippen LogP contribution in [0.5, 0.6) is 11.5 Å². The first-order chi connectivity index (χ1) is 10.6. The third kappa shape index (κ3) is 4.92. The van der Waals surface area contributed by atoms with Gasteiger partial charge in [0.2, 0.25) is 0 Å². The molecule has 0 aromatic heterocycles. The van der Waals surface area contributed by atoms with Gasteiger partial charge in [0.25, 0.3) is 0 Å². The van der Waals surface area contributed by atoms with Crippen molar-refractivity contribution in [3.63, 3.8) is 0 Å². The number of ether oxygens (including phenoxy) is 2. The van der Waals surface area contributed by atoms with E-state index in [1.54, 1.807) is 7.11 Å². The first-order valence-corrected chi connectivity index (χ1v) is 7.22. The SMILES string of the molecule is C=O.COc1cc(C)c(OCCc2ccc(C)cc2)c(C)c1. The van der Waals surface area contributed by atoms with Gasteiger partial charge in [-0.15, -0.1) is 0 Å². The van der Waals surface area contributed by atoms with E-state index in [2.05, 4.69) is 45.0 Å². The normalized spacial score (nSPS) is 9.64. The molecule has 0 unspecified atom stereocenters. The van der Waals surface area contributed by atoms with Crippen molar-refractivity contribution in [1.29, 1.82) is 0 Å². The zero-order valence-electron chi connectivity index (χ0n) is 13.8. The molecule has 0 radical (unpaired) electrons. The van der Waals surface area contributed by atoms with Gasteiger partial charge < -0.3 is 14.3 Å². The lowest BCUT2D eigenvalue weighted by molar-refractivity contribution is -0.0979. The quantitative estimate of drug-likeness (QED) is 0.835. The lowest BCUT2D eigenvalue weighted by Crippen LogP contribution is -2.04. The van der Waals surface area contributed by atoms with Crippen LogP contribution in [0.25, 0.3) is 0 Å². The Labute approximate surface area is 132 Å². The van der Waals surface area contributed by atoms with Gasteiger partial charge in [-0.05, 0) is 49.6 Å². The highest BCUT2D eigenvalue weighted by atomic mass is 16.5. The van der Waals surface area contributed by atoms with Crippen molar-refractivity contribution in [1.82, 2.24) is 0 Å². The van der Waals surface area contributed by atoms with Crippen LogP contribution in [0.15, 0.2) is 36.4 Å². The third-order valence-electron chi connectivity index (χ3n) is 3.43. The van der Waals surface area contributed by atoms with Crippen LogP contribution in [0.3, 0.4) is 0 Å². The molecule has 0 fully saturated rings. The first kappa shape index (κ1) is 17.8. The monoisotopic (exact) mass is 300 g/mol. The summed E-state index contributed by atoms with van der Waals surface area (Å²) in [5, 5.41) is 0. The van der Waals surface area contributed by atoms with E-state index in [1.807, 2.05) is 18.9 Å². The number of aryl methyl sites for hydroxylation is 3. The number of methoxy groups -OCH3 is 1. The highest BCUT2D eigenvalue weighted by Crippen LogP contribution is 2.28. The standard InChI is InChI=1S/C18H22O2.CH2O/c1-13-5-7-16(8-6-13)9-10-20-18-14(2)11-17(19-4)12-15(18)3;1-2/h5-8,11-12H,9-10H2,1-4H3;1H2. The van der Waals surface area contributed by atoms with Crippen LogP contribution in [-0.4, -0.2) is 20.5 Å². The Kier molecular flexibility index (Phi) is 7.17. The van der Waals surface area contributed by atoms with E-state index in [1.165, 1.54) is 11.1 Å². The molecule has 0 N–H and O–H groups in total. The summed E-state index contributed by atoms with van der Waals surface area (Å²) in [5.74, 6) is 1.85. The number of rotatable bonds is 5. The van der Waals surface area contributed by atoms with Crippen LogP contribution < -0.4 is 9.47 Å². The molecule has 0 aliphatic carbocycles. The molecule has 0 heterocycles. The fraction of sp³-hybridized carbons (Fsp3) is 0.316. The summed E-state index contributed by atoms with van der Waals surface area (Å²) in [6.07, 6.45) is 0.922. The van der Waals surface area contributed by atoms with E-state index in [-0.39, 0.29) is 0 Å². The van der Waals surface area contributed by atoms with Crippen LogP contribution in [0.4, 0.5) is 0 Å². The van der Waals surface area contributed by atoms with Crippen LogP contribution in [-0.2, 0) is 11.2 Å². The van der Waals surface area contributed by atoms with Crippen molar-refractivity contribution < 1.29 is 14.3 Å². The molecule has 22 heavy (non-hydrogen) atoms. The average molecular weight is 300 g/mol. The van der Waals surface area contributed by atoms with Crippen molar-refractivity contribution >= 4 is 6.79 Å². The fourth-order valence-corrected chi connectivity index (χ4v) is 2.28. The van der Waals surface area contributed by atoms with E-state index in [9.17, 15) is 0 Å². The van der Waals surface area contributed by atoms with Crippen LogP contribution in [0.1, 0.15) is 22.3 Å². The molecule has 0 spiro atoms. The maximum absolute atomic E-state index is 8.00. The van der Waals surface area contributed by atoms with Crippen molar-refractivity contribution in [3.8, 4) is 11.5 Å². The molecule has 3 heteroatoms. The Morgan fingerprint density at radius 3 is 2.00 bits per heavy atom. The average Bonchev–Trinajstić information content (AvgIpc) is 2.53. The molecule has 0 aliphatic heterocycles. The van der Waals surface area contributed by atoms with Crippen molar-refractivity contribution in [2.45, 2.75) is 27.2 Å². The zero-order valence-corrected chi connectivity index (χ0v) is 13.8. The van der Waals surface area contributed by atoms with Gasteiger partial charge in [-0.25, -0.2) is 0 Å². The predicted octanol–water partition coefficient (Wildman–Crippen LogP) is 4.06. The minimum Gasteiger partial charge on any atom is -0.497 e. The summed E-state index contributed by atoms with van der Waals surface area (Å²) in [6, 6.07) is 12.6. The second-order valence-corrected chi connectivity index (χ2v) is 5.17. The summed E-state index contributed by atoms with van der Waals surface area (Å²) in [5.41, 5.74) is 4.83. The molecule has 2 rings (SSSR count). The number of carbonyl (C=O) groups is 1. The maximum atomic E-state index is 8.00. The van der Waals surface area contributed by atoms with Gasteiger partial charge in [0.15, 0.2) is 0 Å². The van der Waals surface area contributed by atoms with Gasteiger partial charge in [-0.3, -0.25) is 0 Å². The first-order valence-electron chi connectivity index (χ1n) is 7.22. The molecule has 0 saturated carbocycles. The molecule has 2 aromatic rings. The van der Waals surface area contributed by atoms with Crippen molar-refractivity contribution in [3.05, 3.63) is 58.7 Å². The predicted molar refractivity (Wildman–Crippen MR) is 90.0 cm³/mol. The smallest absolute Gasteiger partial charge is 0.125 e. The largest absolute Gasteiger partial charge is 0.497 e.